The van der Waals surface area contributed by atoms with Gasteiger partial charge in [0.2, 0.25) is 0 Å². The van der Waals surface area contributed by atoms with Crippen molar-refractivity contribution < 1.29 is 19.1 Å². The Morgan fingerprint density at radius 2 is 1.77 bits per heavy atom. The van der Waals surface area contributed by atoms with Crippen LogP contribution in [0, 0.1) is 5.92 Å². The van der Waals surface area contributed by atoms with Crippen molar-refractivity contribution in [3.05, 3.63) is 29.8 Å². The predicted octanol–water partition coefficient (Wildman–Crippen LogP) is 2.22. The Labute approximate surface area is 157 Å². The molecule has 0 aliphatic rings. The van der Waals surface area contributed by atoms with Gasteiger partial charge in [0.05, 0.1) is 13.0 Å². The second-order valence-corrected chi connectivity index (χ2v) is 6.71. The third-order valence-corrected chi connectivity index (χ3v) is 4.18. The average molecular weight is 364 g/mol. The zero-order valence-corrected chi connectivity index (χ0v) is 16.7. The van der Waals surface area contributed by atoms with Crippen LogP contribution in [0.1, 0.15) is 25.8 Å². The summed E-state index contributed by atoms with van der Waals surface area (Å²) >= 11 is 0. The van der Waals surface area contributed by atoms with Crippen LogP contribution in [0.3, 0.4) is 0 Å². The summed E-state index contributed by atoms with van der Waals surface area (Å²) in [7, 11) is 5.35. The minimum absolute atomic E-state index is 0.0403. The van der Waals surface area contributed by atoms with E-state index in [9.17, 15) is 9.59 Å². The molecule has 6 heteroatoms. The largest absolute Gasteiger partial charge is 0.484 e. The molecule has 0 N–H and O–H groups in total. The highest BCUT2D eigenvalue weighted by atomic mass is 16.5. The lowest BCUT2D eigenvalue weighted by atomic mass is 10.1. The zero-order valence-electron chi connectivity index (χ0n) is 16.7. The number of carbonyl (C=O) groups is 2. The molecule has 0 aliphatic carbocycles. The van der Waals surface area contributed by atoms with Gasteiger partial charge in [0.1, 0.15) is 5.75 Å². The third kappa shape index (κ3) is 7.87. The highest BCUT2D eigenvalue weighted by Gasteiger charge is 2.21. The van der Waals surface area contributed by atoms with Gasteiger partial charge in [-0.2, -0.15) is 0 Å². The number of carbonyl (C=O) groups excluding carboxylic acids is 2. The van der Waals surface area contributed by atoms with Gasteiger partial charge in [-0.3, -0.25) is 9.59 Å². The molecule has 1 aromatic rings. The maximum absolute atomic E-state index is 12.6. The van der Waals surface area contributed by atoms with Crippen molar-refractivity contribution in [1.29, 1.82) is 0 Å². The predicted molar refractivity (Wildman–Crippen MR) is 102 cm³/mol. The fourth-order valence-electron chi connectivity index (χ4n) is 2.56. The van der Waals surface area contributed by atoms with Gasteiger partial charge in [-0.05, 0) is 51.2 Å². The molecule has 0 spiro atoms. The summed E-state index contributed by atoms with van der Waals surface area (Å²) < 4.78 is 10.4. The van der Waals surface area contributed by atoms with Gasteiger partial charge in [-0.25, -0.2) is 0 Å². The number of amides is 1. The van der Waals surface area contributed by atoms with E-state index in [4.69, 9.17) is 9.47 Å². The van der Waals surface area contributed by atoms with Crippen molar-refractivity contribution in [3.63, 3.8) is 0 Å². The molecule has 1 aromatic carbocycles. The molecule has 1 unspecified atom stereocenters. The molecular weight excluding hydrogens is 332 g/mol. The maximum atomic E-state index is 12.6. The van der Waals surface area contributed by atoms with E-state index >= 15 is 0 Å². The van der Waals surface area contributed by atoms with Gasteiger partial charge < -0.3 is 19.3 Å². The van der Waals surface area contributed by atoms with E-state index in [2.05, 4.69) is 11.8 Å². The maximum Gasteiger partial charge on any atom is 0.310 e. The minimum atomic E-state index is -0.368. The molecule has 26 heavy (non-hydrogen) atoms. The van der Waals surface area contributed by atoms with E-state index in [1.165, 1.54) is 12.7 Å². The molecule has 1 amide bonds. The summed E-state index contributed by atoms with van der Waals surface area (Å²) in [6.45, 7) is 5.60. The monoisotopic (exact) mass is 364 g/mol. The molecule has 0 fully saturated rings. The highest BCUT2D eigenvalue weighted by molar-refractivity contribution is 5.79. The number of hydrogen-bond donors (Lipinski definition) is 0. The Hall–Kier alpha value is -2.08. The SMILES string of the molecule is CCc1ccc(OCC(=O)N(CCCN(C)C)CC(C)C(=O)OC)cc1. The van der Waals surface area contributed by atoms with Crippen molar-refractivity contribution in [1.82, 2.24) is 9.80 Å². The van der Waals surface area contributed by atoms with Crippen LogP contribution in [-0.2, 0) is 20.7 Å². The number of esters is 1. The molecule has 0 aromatic heterocycles. The number of benzene rings is 1. The second kappa shape index (κ2) is 11.5. The van der Waals surface area contributed by atoms with Crippen LogP contribution in [0.2, 0.25) is 0 Å². The second-order valence-electron chi connectivity index (χ2n) is 6.71. The Morgan fingerprint density at radius 1 is 1.12 bits per heavy atom. The molecule has 1 rings (SSSR count). The van der Waals surface area contributed by atoms with Gasteiger partial charge in [0, 0.05) is 13.1 Å². The summed E-state index contributed by atoms with van der Waals surface area (Å²) in [6.07, 6.45) is 1.79. The van der Waals surface area contributed by atoms with E-state index in [0.29, 0.717) is 18.8 Å². The minimum Gasteiger partial charge on any atom is -0.484 e. The van der Waals surface area contributed by atoms with Crippen molar-refractivity contribution in [2.45, 2.75) is 26.7 Å². The van der Waals surface area contributed by atoms with Gasteiger partial charge >= 0.3 is 5.97 Å². The Balaban J connectivity index is 2.63. The fraction of sp³-hybridized carbons (Fsp3) is 0.600. The van der Waals surface area contributed by atoms with Gasteiger partial charge in [0.25, 0.3) is 5.91 Å². The van der Waals surface area contributed by atoms with E-state index in [1.54, 1.807) is 11.8 Å². The Bertz CT molecular complexity index is 557. The fourth-order valence-corrected chi connectivity index (χ4v) is 2.56. The lowest BCUT2D eigenvalue weighted by Crippen LogP contribution is -2.41. The van der Waals surface area contributed by atoms with Crippen LogP contribution in [0.5, 0.6) is 5.75 Å². The van der Waals surface area contributed by atoms with Crippen LogP contribution < -0.4 is 4.74 Å². The molecule has 0 saturated heterocycles. The first-order valence-corrected chi connectivity index (χ1v) is 9.09. The number of rotatable bonds is 11. The normalized spacial score (nSPS) is 11.9. The first-order valence-electron chi connectivity index (χ1n) is 9.09. The number of aryl methyl sites for hydroxylation is 1. The molecule has 0 saturated carbocycles. The lowest BCUT2D eigenvalue weighted by molar-refractivity contribution is -0.146. The smallest absolute Gasteiger partial charge is 0.310 e. The van der Waals surface area contributed by atoms with Gasteiger partial charge in [-0.15, -0.1) is 0 Å². The molecule has 1 atom stereocenters. The molecule has 6 nitrogen and oxygen atoms in total. The first kappa shape index (κ1) is 22.0. The van der Waals surface area contributed by atoms with E-state index in [1.807, 2.05) is 38.4 Å². The van der Waals surface area contributed by atoms with Gasteiger partial charge in [0.15, 0.2) is 6.61 Å². The standard InChI is InChI=1S/C20H32N2O4/c1-6-17-8-10-18(11-9-17)26-15-19(23)22(13-7-12-21(3)4)14-16(2)20(24)25-5/h8-11,16H,6-7,12-15H2,1-5H3. The number of methoxy groups -OCH3 is 1. The summed E-state index contributed by atoms with van der Waals surface area (Å²) in [5.74, 6) is -0.137. The summed E-state index contributed by atoms with van der Waals surface area (Å²) in [6, 6.07) is 7.74. The first-order chi connectivity index (χ1) is 12.4. The molecule has 0 bridgehead atoms. The highest BCUT2D eigenvalue weighted by Crippen LogP contribution is 2.13. The van der Waals surface area contributed by atoms with Crippen LogP contribution in [0.25, 0.3) is 0 Å². The number of ether oxygens (including phenoxy) is 2. The summed E-state index contributed by atoms with van der Waals surface area (Å²) in [5.41, 5.74) is 1.22. The number of nitrogens with zero attached hydrogens (tertiary/aromatic N) is 2. The quantitative estimate of drug-likeness (QED) is 0.564. The average Bonchev–Trinajstić information content (AvgIpc) is 2.64. The Morgan fingerprint density at radius 3 is 2.31 bits per heavy atom. The lowest BCUT2D eigenvalue weighted by Gasteiger charge is -2.25. The third-order valence-electron chi connectivity index (χ3n) is 4.18. The summed E-state index contributed by atoms with van der Waals surface area (Å²) in [5, 5.41) is 0. The van der Waals surface area contributed by atoms with Crippen molar-refractivity contribution >= 4 is 11.9 Å². The zero-order chi connectivity index (χ0) is 19.5. The van der Waals surface area contributed by atoms with Crippen molar-refractivity contribution in [3.8, 4) is 5.75 Å². The van der Waals surface area contributed by atoms with Crippen LogP contribution in [0.4, 0.5) is 0 Å². The van der Waals surface area contributed by atoms with Crippen LogP contribution in [-0.4, -0.2) is 69.1 Å². The van der Waals surface area contributed by atoms with E-state index < -0.39 is 0 Å². The van der Waals surface area contributed by atoms with Crippen molar-refractivity contribution in [2.24, 2.45) is 5.92 Å². The van der Waals surface area contributed by atoms with Crippen LogP contribution in [0.15, 0.2) is 24.3 Å². The molecule has 0 heterocycles. The molecule has 0 aliphatic heterocycles. The van der Waals surface area contributed by atoms with E-state index in [0.717, 1.165) is 19.4 Å². The molecule has 0 radical (unpaired) electrons. The summed E-state index contributed by atoms with van der Waals surface area (Å²) in [4.78, 5) is 28.0. The molecule has 146 valence electrons. The van der Waals surface area contributed by atoms with Crippen molar-refractivity contribution in [2.75, 3.05) is 47.4 Å². The number of hydrogen-bond acceptors (Lipinski definition) is 5. The van der Waals surface area contributed by atoms with E-state index in [-0.39, 0.29) is 24.4 Å². The molecular formula is C20H32N2O4. The van der Waals surface area contributed by atoms with Crippen LogP contribution >= 0.6 is 0 Å². The topological polar surface area (TPSA) is 59.1 Å². The Kier molecular flexibility index (Phi) is 9.73. The van der Waals surface area contributed by atoms with Gasteiger partial charge in [-0.1, -0.05) is 26.0 Å².